The number of nitrogens with zero attached hydrogens (tertiary/aromatic N) is 4. The van der Waals surface area contributed by atoms with Gasteiger partial charge in [-0.2, -0.15) is 0 Å². The number of ketones is 1. The van der Waals surface area contributed by atoms with Gasteiger partial charge in [0, 0.05) is 31.3 Å². The fourth-order valence-electron chi connectivity index (χ4n) is 3.02. The average molecular weight is 435 g/mol. The van der Waals surface area contributed by atoms with Crippen molar-refractivity contribution in [2.75, 3.05) is 6.54 Å². The van der Waals surface area contributed by atoms with E-state index in [0.29, 0.717) is 41.9 Å². The Labute approximate surface area is 166 Å². The summed E-state index contributed by atoms with van der Waals surface area (Å²) in [5, 5.41) is 0. The van der Waals surface area contributed by atoms with Gasteiger partial charge in [0.05, 0.1) is 12.2 Å². The van der Waals surface area contributed by atoms with Crippen LogP contribution >= 0.6 is 15.9 Å². The van der Waals surface area contributed by atoms with E-state index in [2.05, 4.69) is 25.9 Å². The number of pyridine rings is 1. The van der Waals surface area contributed by atoms with Crippen molar-refractivity contribution in [1.82, 2.24) is 19.4 Å². The molecule has 0 N–H and O–H groups in total. The minimum absolute atomic E-state index is 0.190. The van der Waals surface area contributed by atoms with Crippen LogP contribution in [0.25, 0.3) is 0 Å². The molecule has 3 rings (SSSR count). The zero-order valence-corrected chi connectivity index (χ0v) is 17.5. The number of halogens is 1. The Bertz CT molecular complexity index is 868. The van der Waals surface area contributed by atoms with Crippen LogP contribution in [-0.2, 0) is 24.2 Å². The molecule has 1 amide bonds. The normalized spacial score (nSPS) is 14.0. The molecule has 2 aromatic heterocycles. The summed E-state index contributed by atoms with van der Waals surface area (Å²) >= 11 is 3.27. The van der Waals surface area contributed by atoms with E-state index < -0.39 is 5.60 Å². The molecule has 3 heterocycles. The molecule has 0 saturated carbocycles. The fourth-order valence-corrected chi connectivity index (χ4v) is 3.26. The highest BCUT2D eigenvalue weighted by atomic mass is 79.9. The number of rotatable bonds is 3. The molecule has 27 heavy (non-hydrogen) atoms. The van der Waals surface area contributed by atoms with Crippen molar-refractivity contribution in [2.24, 2.45) is 0 Å². The van der Waals surface area contributed by atoms with Crippen LogP contribution in [0.1, 0.15) is 55.3 Å². The summed E-state index contributed by atoms with van der Waals surface area (Å²) in [6.45, 7) is 8.94. The third-order valence-corrected chi connectivity index (χ3v) is 4.73. The second-order valence-corrected chi connectivity index (χ2v) is 8.24. The highest BCUT2D eigenvalue weighted by molar-refractivity contribution is 9.10. The van der Waals surface area contributed by atoms with Gasteiger partial charge in [-0.3, -0.25) is 4.79 Å². The minimum Gasteiger partial charge on any atom is -0.444 e. The summed E-state index contributed by atoms with van der Waals surface area (Å²) in [7, 11) is 0. The van der Waals surface area contributed by atoms with E-state index in [1.807, 2.05) is 32.3 Å². The smallest absolute Gasteiger partial charge is 0.410 e. The molecular weight excluding hydrogens is 412 g/mol. The van der Waals surface area contributed by atoms with Crippen LogP contribution in [0.5, 0.6) is 0 Å². The number of ether oxygens (including phenoxy) is 1. The van der Waals surface area contributed by atoms with Gasteiger partial charge in [-0.05, 0) is 48.8 Å². The molecule has 0 aliphatic carbocycles. The first-order valence-corrected chi connectivity index (χ1v) is 9.71. The minimum atomic E-state index is -0.564. The van der Waals surface area contributed by atoms with Gasteiger partial charge in [-0.25, -0.2) is 14.8 Å². The summed E-state index contributed by atoms with van der Waals surface area (Å²) in [5.41, 5.74) is 1.03. The molecule has 1 aliphatic rings. The lowest BCUT2D eigenvalue weighted by Crippen LogP contribution is -2.42. The maximum atomic E-state index is 13.0. The van der Waals surface area contributed by atoms with Crippen molar-refractivity contribution in [3.05, 3.63) is 45.7 Å². The van der Waals surface area contributed by atoms with Crippen molar-refractivity contribution in [3.63, 3.8) is 0 Å². The largest absolute Gasteiger partial charge is 0.444 e. The number of carbonyl (C=O) groups is 2. The summed E-state index contributed by atoms with van der Waals surface area (Å²) in [6.07, 6.45) is 1.86. The number of hydrogen-bond acceptors (Lipinski definition) is 5. The molecule has 0 atom stereocenters. The molecule has 7 nitrogen and oxygen atoms in total. The summed E-state index contributed by atoms with van der Waals surface area (Å²) in [4.78, 5) is 35.8. The Hall–Kier alpha value is -2.22. The molecule has 0 radical (unpaired) electrons. The van der Waals surface area contributed by atoms with E-state index in [4.69, 9.17) is 4.74 Å². The number of hydrogen-bond donors (Lipinski definition) is 0. The molecule has 0 unspecified atom stereocenters. The monoisotopic (exact) mass is 434 g/mol. The SMILES string of the molecule is CCc1nc(C(=O)c2ccc(Br)nc2)c2n1CCN(C(=O)OC(C)(C)C)C2. The quantitative estimate of drug-likeness (QED) is 0.544. The zero-order chi connectivity index (χ0) is 19.8. The predicted molar refractivity (Wildman–Crippen MR) is 104 cm³/mol. The first-order chi connectivity index (χ1) is 12.7. The van der Waals surface area contributed by atoms with Gasteiger partial charge in [0.2, 0.25) is 5.78 Å². The van der Waals surface area contributed by atoms with E-state index in [-0.39, 0.29) is 11.9 Å². The van der Waals surface area contributed by atoms with Gasteiger partial charge in [0.1, 0.15) is 21.7 Å². The van der Waals surface area contributed by atoms with E-state index in [9.17, 15) is 9.59 Å². The van der Waals surface area contributed by atoms with Crippen LogP contribution in [0, 0.1) is 0 Å². The number of carbonyl (C=O) groups excluding carboxylic acids is 2. The van der Waals surface area contributed by atoms with E-state index in [0.717, 1.165) is 11.5 Å². The van der Waals surface area contributed by atoms with Crippen LogP contribution < -0.4 is 0 Å². The molecule has 2 aromatic rings. The lowest BCUT2D eigenvalue weighted by Gasteiger charge is -2.31. The predicted octanol–water partition coefficient (Wildman–Crippen LogP) is 3.58. The molecule has 0 saturated heterocycles. The van der Waals surface area contributed by atoms with Crippen molar-refractivity contribution < 1.29 is 14.3 Å². The van der Waals surface area contributed by atoms with Gasteiger partial charge in [0.15, 0.2) is 0 Å². The van der Waals surface area contributed by atoms with Gasteiger partial charge in [-0.1, -0.05) is 6.92 Å². The van der Waals surface area contributed by atoms with Crippen LogP contribution in [-0.4, -0.2) is 43.5 Å². The van der Waals surface area contributed by atoms with E-state index in [1.165, 1.54) is 6.20 Å². The number of imidazole rings is 1. The highest BCUT2D eigenvalue weighted by Crippen LogP contribution is 2.24. The molecule has 0 spiro atoms. The Morgan fingerprint density at radius 3 is 2.59 bits per heavy atom. The molecule has 1 aliphatic heterocycles. The van der Waals surface area contributed by atoms with Crippen molar-refractivity contribution in [2.45, 2.75) is 52.8 Å². The summed E-state index contributed by atoms with van der Waals surface area (Å²) in [6, 6.07) is 3.44. The second kappa shape index (κ2) is 7.42. The zero-order valence-electron chi connectivity index (χ0n) is 16.0. The number of aromatic nitrogens is 3. The molecular formula is C19H23BrN4O3. The van der Waals surface area contributed by atoms with Crippen LogP contribution in [0.15, 0.2) is 22.9 Å². The maximum absolute atomic E-state index is 13.0. The molecule has 0 aromatic carbocycles. The Morgan fingerprint density at radius 2 is 2.00 bits per heavy atom. The Morgan fingerprint density at radius 1 is 1.26 bits per heavy atom. The molecule has 0 bridgehead atoms. The molecule has 8 heteroatoms. The van der Waals surface area contributed by atoms with Crippen LogP contribution in [0.3, 0.4) is 0 Å². The number of amides is 1. The Balaban J connectivity index is 1.92. The van der Waals surface area contributed by atoms with E-state index in [1.54, 1.807) is 17.0 Å². The third kappa shape index (κ3) is 4.21. The van der Waals surface area contributed by atoms with Crippen LogP contribution in [0.4, 0.5) is 4.79 Å². The van der Waals surface area contributed by atoms with Gasteiger partial charge in [0.25, 0.3) is 0 Å². The van der Waals surface area contributed by atoms with Crippen molar-refractivity contribution >= 4 is 27.8 Å². The maximum Gasteiger partial charge on any atom is 0.410 e. The van der Waals surface area contributed by atoms with Crippen molar-refractivity contribution in [3.8, 4) is 0 Å². The van der Waals surface area contributed by atoms with Gasteiger partial charge >= 0.3 is 6.09 Å². The highest BCUT2D eigenvalue weighted by Gasteiger charge is 2.31. The van der Waals surface area contributed by atoms with Gasteiger partial charge < -0.3 is 14.2 Å². The number of aryl methyl sites for hydroxylation is 1. The Kier molecular flexibility index (Phi) is 5.37. The molecule has 0 fully saturated rings. The third-order valence-electron chi connectivity index (χ3n) is 4.26. The summed E-state index contributed by atoms with van der Waals surface area (Å²) < 4.78 is 8.19. The van der Waals surface area contributed by atoms with Crippen LogP contribution in [0.2, 0.25) is 0 Å². The lowest BCUT2D eigenvalue weighted by molar-refractivity contribution is 0.0197. The average Bonchev–Trinajstić information content (AvgIpc) is 2.98. The first-order valence-electron chi connectivity index (χ1n) is 8.92. The van der Waals surface area contributed by atoms with Crippen molar-refractivity contribution in [1.29, 1.82) is 0 Å². The standard InChI is InChI=1S/C19H23BrN4O3/c1-5-15-22-16(17(25)12-6-7-14(20)21-10-12)13-11-23(8-9-24(13)15)18(26)27-19(2,3)4/h6-7,10H,5,8-9,11H2,1-4H3. The summed E-state index contributed by atoms with van der Waals surface area (Å²) in [5.74, 6) is 0.659. The fraction of sp³-hybridized carbons (Fsp3) is 0.474. The number of fused-ring (bicyclic) bond motifs is 1. The molecule has 144 valence electrons. The second-order valence-electron chi connectivity index (χ2n) is 7.43. The lowest BCUT2D eigenvalue weighted by atomic mass is 10.1. The topological polar surface area (TPSA) is 77.3 Å². The van der Waals surface area contributed by atoms with E-state index >= 15 is 0 Å². The first kappa shape index (κ1) is 19.5. The van der Waals surface area contributed by atoms with Gasteiger partial charge in [-0.15, -0.1) is 0 Å².